The second-order valence-corrected chi connectivity index (χ2v) is 5.05. The first-order valence-corrected chi connectivity index (χ1v) is 6.84. The number of halogens is 1. The van der Waals surface area contributed by atoms with Crippen molar-refractivity contribution in [3.8, 4) is 11.8 Å². The highest BCUT2D eigenvalue weighted by Crippen LogP contribution is 2.18. The lowest BCUT2D eigenvalue weighted by molar-refractivity contribution is 0.624. The maximum absolute atomic E-state index is 13.7. The molecule has 2 N–H and O–H groups in total. The van der Waals surface area contributed by atoms with Gasteiger partial charge in [0, 0.05) is 24.8 Å². The summed E-state index contributed by atoms with van der Waals surface area (Å²) in [6.07, 6.45) is 0. The van der Waals surface area contributed by atoms with E-state index in [9.17, 15) is 4.39 Å². The van der Waals surface area contributed by atoms with Gasteiger partial charge in [-0.1, -0.05) is 24.0 Å². The van der Waals surface area contributed by atoms with Gasteiger partial charge in [-0.15, -0.1) is 0 Å². The van der Waals surface area contributed by atoms with E-state index in [2.05, 4.69) is 35.8 Å². The number of nitrogens with zero attached hydrogens (tertiary/aromatic N) is 1. The van der Waals surface area contributed by atoms with Gasteiger partial charge < -0.3 is 10.6 Å². The number of hydrogen-bond acceptors (Lipinski definition) is 2. The molecule has 0 aliphatic heterocycles. The van der Waals surface area contributed by atoms with E-state index >= 15 is 0 Å². The van der Waals surface area contributed by atoms with Crippen molar-refractivity contribution in [2.45, 2.75) is 13.5 Å². The SMILES string of the molecule is Cc1cccc(N(C)Cc2cc(F)cc(C#CCN)c2)c1. The molecule has 2 nitrogen and oxygen atoms in total. The number of nitrogens with two attached hydrogens (primary N) is 1. The fourth-order valence-corrected chi connectivity index (χ4v) is 2.20. The molecule has 0 saturated carbocycles. The Balaban J connectivity index is 2.20. The van der Waals surface area contributed by atoms with Gasteiger partial charge in [0.25, 0.3) is 0 Å². The van der Waals surface area contributed by atoms with Crippen molar-refractivity contribution < 1.29 is 4.39 Å². The van der Waals surface area contributed by atoms with Crippen molar-refractivity contribution in [2.75, 3.05) is 18.5 Å². The van der Waals surface area contributed by atoms with Gasteiger partial charge in [-0.05, 0) is 48.4 Å². The maximum Gasteiger partial charge on any atom is 0.124 e. The number of rotatable bonds is 3. The summed E-state index contributed by atoms with van der Waals surface area (Å²) in [6.45, 7) is 2.95. The largest absolute Gasteiger partial charge is 0.370 e. The molecule has 2 rings (SSSR count). The van der Waals surface area contributed by atoms with Crippen molar-refractivity contribution in [1.82, 2.24) is 0 Å². The highest BCUT2D eigenvalue weighted by molar-refractivity contribution is 5.48. The van der Waals surface area contributed by atoms with E-state index in [0.29, 0.717) is 12.1 Å². The smallest absolute Gasteiger partial charge is 0.124 e. The summed E-state index contributed by atoms with van der Waals surface area (Å²) in [7, 11) is 1.99. The quantitative estimate of drug-likeness (QED) is 0.877. The molecular formula is C18H19FN2. The fourth-order valence-electron chi connectivity index (χ4n) is 2.20. The first-order chi connectivity index (χ1) is 10.1. The highest BCUT2D eigenvalue weighted by atomic mass is 19.1. The van der Waals surface area contributed by atoms with Gasteiger partial charge in [0.15, 0.2) is 0 Å². The van der Waals surface area contributed by atoms with E-state index in [1.165, 1.54) is 11.6 Å². The van der Waals surface area contributed by atoms with Gasteiger partial charge in [0.1, 0.15) is 5.82 Å². The standard InChI is InChI=1S/C18H19FN2/c1-14-5-3-7-18(9-14)21(2)13-16-10-15(6-4-8-20)11-17(19)12-16/h3,5,7,9-12H,8,13,20H2,1-2H3. The molecule has 0 amide bonds. The molecule has 21 heavy (non-hydrogen) atoms. The van der Waals surface area contributed by atoms with Gasteiger partial charge in [-0.25, -0.2) is 4.39 Å². The molecule has 0 heterocycles. The molecule has 0 atom stereocenters. The van der Waals surface area contributed by atoms with Crippen LogP contribution < -0.4 is 10.6 Å². The van der Waals surface area contributed by atoms with Crippen molar-refractivity contribution in [3.05, 3.63) is 65.0 Å². The number of anilines is 1. The topological polar surface area (TPSA) is 29.3 Å². The Hall–Kier alpha value is -2.31. The zero-order valence-electron chi connectivity index (χ0n) is 12.4. The average Bonchev–Trinajstić information content (AvgIpc) is 2.44. The number of aryl methyl sites for hydroxylation is 1. The van der Waals surface area contributed by atoms with Crippen LogP contribution in [0.1, 0.15) is 16.7 Å². The Kier molecular flexibility index (Phi) is 4.97. The van der Waals surface area contributed by atoms with Crippen LogP contribution >= 0.6 is 0 Å². The first-order valence-electron chi connectivity index (χ1n) is 6.84. The predicted molar refractivity (Wildman–Crippen MR) is 85.6 cm³/mol. The lowest BCUT2D eigenvalue weighted by Gasteiger charge is -2.20. The van der Waals surface area contributed by atoms with Crippen LogP contribution in [0, 0.1) is 24.6 Å². The van der Waals surface area contributed by atoms with Crippen LogP contribution in [0.3, 0.4) is 0 Å². The monoisotopic (exact) mass is 282 g/mol. The molecule has 0 bridgehead atoms. The lowest BCUT2D eigenvalue weighted by Crippen LogP contribution is -2.16. The van der Waals surface area contributed by atoms with Gasteiger partial charge in [0.05, 0.1) is 6.54 Å². The molecule has 0 aromatic heterocycles. The summed E-state index contributed by atoms with van der Waals surface area (Å²) in [5, 5.41) is 0. The van der Waals surface area contributed by atoms with Gasteiger partial charge >= 0.3 is 0 Å². The molecule has 0 unspecified atom stereocenters. The van der Waals surface area contributed by atoms with E-state index in [0.717, 1.165) is 11.3 Å². The van der Waals surface area contributed by atoms with E-state index in [4.69, 9.17) is 5.73 Å². The minimum atomic E-state index is -0.272. The Morgan fingerprint density at radius 2 is 2.00 bits per heavy atom. The minimum absolute atomic E-state index is 0.272. The zero-order valence-corrected chi connectivity index (χ0v) is 12.4. The van der Waals surface area contributed by atoms with Crippen LogP contribution in [0.25, 0.3) is 0 Å². The van der Waals surface area contributed by atoms with Gasteiger partial charge in [-0.3, -0.25) is 0 Å². The molecule has 0 radical (unpaired) electrons. The normalized spacial score (nSPS) is 9.90. The van der Waals surface area contributed by atoms with Crippen LogP contribution in [-0.2, 0) is 6.54 Å². The molecule has 108 valence electrons. The molecule has 0 saturated heterocycles. The molecule has 0 spiro atoms. The number of benzene rings is 2. The van der Waals surface area contributed by atoms with Crippen LogP contribution in [0.5, 0.6) is 0 Å². The average molecular weight is 282 g/mol. The van der Waals surface area contributed by atoms with E-state index in [1.54, 1.807) is 6.07 Å². The second kappa shape index (κ2) is 6.92. The Morgan fingerprint density at radius 1 is 1.19 bits per heavy atom. The van der Waals surface area contributed by atoms with E-state index in [1.807, 2.05) is 25.2 Å². The Morgan fingerprint density at radius 3 is 2.71 bits per heavy atom. The van der Waals surface area contributed by atoms with Gasteiger partial charge in [0.2, 0.25) is 0 Å². The van der Waals surface area contributed by atoms with Gasteiger partial charge in [-0.2, -0.15) is 0 Å². The summed E-state index contributed by atoms with van der Waals surface area (Å²) >= 11 is 0. The third-order valence-electron chi connectivity index (χ3n) is 3.15. The highest BCUT2D eigenvalue weighted by Gasteiger charge is 2.05. The van der Waals surface area contributed by atoms with Crippen LogP contribution in [0.2, 0.25) is 0 Å². The van der Waals surface area contributed by atoms with Crippen LogP contribution in [-0.4, -0.2) is 13.6 Å². The second-order valence-electron chi connectivity index (χ2n) is 5.05. The third kappa shape index (κ3) is 4.34. The zero-order chi connectivity index (χ0) is 15.2. The maximum atomic E-state index is 13.7. The van der Waals surface area contributed by atoms with Crippen LogP contribution in [0.4, 0.5) is 10.1 Å². The summed E-state index contributed by atoms with van der Waals surface area (Å²) in [4.78, 5) is 2.09. The summed E-state index contributed by atoms with van der Waals surface area (Å²) < 4.78 is 13.7. The summed E-state index contributed by atoms with van der Waals surface area (Å²) in [6, 6.07) is 13.1. The lowest BCUT2D eigenvalue weighted by atomic mass is 10.1. The Bertz CT molecular complexity index is 683. The van der Waals surface area contributed by atoms with Crippen molar-refractivity contribution in [2.24, 2.45) is 5.73 Å². The summed E-state index contributed by atoms with van der Waals surface area (Å²) in [5.74, 6) is 5.35. The van der Waals surface area contributed by atoms with E-state index < -0.39 is 0 Å². The third-order valence-corrected chi connectivity index (χ3v) is 3.15. The molecule has 2 aromatic carbocycles. The molecule has 3 heteroatoms. The van der Waals surface area contributed by atoms with Crippen molar-refractivity contribution >= 4 is 5.69 Å². The number of hydrogen-bond donors (Lipinski definition) is 1. The summed E-state index contributed by atoms with van der Waals surface area (Å²) in [5.41, 5.74) is 9.20. The fraction of sp³-hybridized carbons (Fsp3) is 0.222. The molecular weight excluding hydrogens is 263 g/mol. The molecule has 2 aromatic rings. The predicted octanol–water partition coefficient (Wildman–Crippen LogP) is 3.08. The van der Waals surface area contributed by atoms with Crippen molar-refractivity contribution in [3.63, 3.8) is 0 Å². The molecule has 0 aliphatic carbocycles. The molecule has 0 aliphatic rings. The Labute approximate surface area is 125 Å². The molecule has 0 fully saturated rings. The van der Waals surface area contributed by atoms with Crippen LogP contribution in [0.15, 0.2) is 42.5 Å². The minimum Gasteiger partial charge on any atom is -0.370 e. The van der Waals surface area contributed by atoms with E-state index in [-0.39, 0.29) is 12.4 Å². The van der Waals surface area contributed by atoms with Crippen molar-refractivity contribution in [1.29, 1.82) is 0 Å². The first kappa shape index (κ1) is 15.1.